The molecule has 0 radical (unpaired) electrons. The van der Waals surface area contributed by atoms with E-state index >= 15 is 0 Å². The number of hydrogen-bond acceptors (Lipinski definition) is 6. The molecule has 0 spiro atoms. The second kappa shape index (κ2) is 8.65. The SMILES string of the molecule is COc1ccc(NC(=O)C2CCCN(S(=O)(=O)c3c(C)nn(C)c3C)C2)cc1OC. The van der Waals surface area contributed by atoms with E-state index < -0.39 is 15.9 Å². The quantitative estimate of drug-likeness (QED) is 0.744. The van der Waals surface area contributed by atoms with Crippen molar-refractivity contribution in [3.8, 4) is 11.5 Å². The fourth-order valence-corrected chi connectivity index (χ4v) is 5.71. The number of sulfonamides is 1. The standard InChI is InChI=1S/C20H28N4O5S/c1-13-19(14(2)23(3)22-13)30(26,27)24-10-6-7-15(12-24)20(25)21-16-8-9-17(28-4)18(11-16)29-5/h8-9,11,15H,6-7,10,12H2,1-5H3,(H,21,25). The summed E-state index contributed by atoms with van der Waals surface area (Å²) >= 11 is 0. The summed E-state index contributed by atoms with van der Waals surface area (Å²) < 4.78 is 39.9. The summed E-state index contributed by atoms with van der Waals surface area (Å²) in [5.41, 5.74) is 1.62. The maximum atomic E-state index is 13.2. The van der Waals surface area contributed by atoms with Gasteiger partial charge >= 0.3 is 0 Å². The van der Waals surface area contributed by atoms with Crippen LogP contribution in [-0.4, -0.2) is 55.7 Å². The number of nitrogens with zero attached hydrogens (tertiary/aromatic N) is 3. The average molecular weight is 437 g/mol. The second-order valence-corrected chi connectivity index (χ2v) is 9.26. The molecule has 1 saturated heterocycles. The molecule has 3 rings (SSSR count). The fourth-order valence-electron chi connectivity index (χ4n) is 3.79. The zero-order chi connectivity index (χ0) is 22.1. The topological polar surface area (TPSA) is 103 Å². The molecule has 164 valence electrons. The number of aryl methyl sites for hydroxylation is 2. The lowest BCUT2D eigenvalue weighted by atomic mass is 9.98. The Morgan fingerprint density at radius 3 is 2.50 bits per heavy atom. The van der Waals surface area contributed by atoms with Gasteiger partial charge in [-0.1, -0.05) is 0 Å². The van der Waals surface area contributed by atoms with Crippen molar-refractivity contribution in [2.24, 2.45) is 13.0 Å². The maximum Gasteiger partial charge on any atom is 0.246 e. The molecule has 30 heavy (non-hydrogen) atoms. The van der Waals surface area contributed by atoms with Crippen LogP contribution in [0.1, 0.15) is 24.2 Å². The third kappa shape index (κ3) is 4.15. The second-order valence-electron chi connectivity index (χ2n) is 7.38. The Bertz CT molecular complexity index is 1050. The highest BCUT2D eigenvalue weighted by atomic mass is 32.2. The number of methoxy groups -OCH3 is 2. The van der Waals surface area contributed by atoms with E-state index in [9.17, 15) is 13.2 Å². The molecule has 0 aliphatic carbocycles. The molecule has 1 aliphatic rings. The van der Waals surface area contributed by atoms with Crippen molar-refractivity contribution in [3.63, 3.8) is 0 Å². The van der Waals surface area contributed by atoms with E-state index in [1.165, 1.54) is 11.4 Å². The first-order valence-corrected chi connectivity index (χ1v) is 11.2. The van der Waals surface area contributed by atoms with Gasteiger partial charge in [-0.05, 0) is 38.8 Å². The van der Waals surface area contributed by atoms with E-state index in [4.69, 9.17) is 9.47 Å². The van der Waals surface area contributed by atoms with E-state index in [-0.39, 0.29) is 17.3 Å². The summed E-state index contributed by atoms with van der Waals surface area (Å²) in [4.78, 5) is 13.1. The molecule has 2 aromatic rings. The van der Waals surface area contributed by atoms with Crippen LogP contribution in [0.25, 0.3) is 0 Å². The van der Waals surface area contributed by atoms with E-state index in [0.717, 1.165) is 0 Å². The lowest BCUT2D eigenvalue weighted by molar-refractivity contribution is -0.120. The third-order valence-corrected chi connectivity index (χ3v) is 7.56. The van der Waals surface area contributed by atoms with Gasteiger partial charge in [0.25, 0.3) is 0 Å². The minimum absolute atomic E-state index is 0.134. The van der Waals surface area contributed by atoms with Gasteiger partial charge in [-0.15, -0.1) is 0 Å². The summed E-state index contributed by atoms with van der Waals surface area (Å²) in [6.45, 7) is 3.94. The lowest BCUT2D eigenvalue weighted by Crippen LogP contribution is -2.44. The van der Waals surface area contributed by atoms with E-state index in [2.05, 4.69) is 10.4 Å². The number of hydrogen-bond donors (Lipinski definition) is 1. The van der Waals surface area contributed by atoms with Crippen molar-refractivity contribution in [2.75, 3.05) is 32.6 Å². The average Bonchev–Trinajstić information content (AvgIpc) is 2.99. The van der Waals surface area contributed by atoms with Gasteiger partial charge in [0.1, 0.15) is 4.90 Å². The van der Waals surface area contributed by atoms with Gasteiger partial charge in [0.15, 0.2) is 11.5 Å². The van der Waals surface area contributed by atoms with Gasteiger partial charge in [-0.3, -0.25) is 9.48 Å². The third-order valence-electron chi connectivity index (χ3n) is 5.45. The molecule has 1 amide bonds. The van der Waals surface area contributed by atoms with Crippen LogP contribution in [0, 0.1) is 19.8 Å². The summed E-state index contributed by atoms with van der Waals surface area (Å²) in [5.74, 6) is 0.402. The van der Waals surface area contributed by atoms with Crippen molar-refractivity contribution in [2.45, 2.75) is 31.6 Å². The first-order chi connectivity index (χ1) is 14.2. The molecule has 0 saturated carbocycles. The molecule has 1 aromatic carbocycles. The Balaban J connectivity index is 1.76. The van der Waals surface area contributed by atoms with Crippen LogP contribution in [0.2, 0.25) is 0 Å². The molecular formula is C20H28N4O5S. The van der Waals surface area contributed by atoms with Gasteiger partial charge in [-0.2, -0.15) is 9.40 Å². The van der Waals surface area contributed by atoms with Crippen LogP contribution in [0.4, 0.5) is 5.69 Å². The zero-order valence-corrected chi connectivity index (χ0v) is 18.7. The number of nitrogens with one attached hydrogen (secondary N) is 1. The van der Waals surface area contributed by atoms with E-state index in [1.807, 2.05) is 0 Å². The Kier molecular flexibility index (Phi) is 6.37. The maximum absolute atomic E-state index is 13.2. The van der Waals surface area contributed by atoms with Gasteiger partial charge in [-0.25, -0.2) is 8.42 Å². The first-order valence-electron chi connectivity index (χ1n) is 9.72. The number of aromatic nitrogens is 2. The lowest BCUT2D eigenvalue weighted by Gasteiger charge is -2.31. The fraction of sp³-hybridized carbons (Fsp3) is 0.500. The monoisotopic (exact) mass is 436 g/mol. The minimum atomic E-state index is -3.73. The van der Waals surface area contributed by atoms with Crippen LogP contribution in [0.3, 0.4) is 0 Å². The van der Waals surface area contributed by atoms with Crippen LogP contribution in [0.15, 0.2) is 23.1 Å². The number of amides is 1. The van der Waals surface area contributed by atoms with Gasteiger partial charge in [0, 0.05) is 31.9 Å². The van der Waals surface area contributed by atoms with Crippen molar-refractivity contribution in [1.29, 1.82) is 0 Å². The number of carbonyl (C=O) groups is 1. The van der Waals surface area contributed by atoms with Crippen LogP contribution < -0.4 is 14.8 Å². The van der Waals surface area contributed by atoms with Gasteiger partial charge in [0.2, 0.25) is 15.9 Å². The molecule has 1 fully saturated rings. The van der Waals surface area contributed by atoms with Crippen LogP contribution in [0.5, 0.6) is 11.5 Å². The molecule has 1 aromatic heterocycles. The smallest absolute Gasteiger partial charge is 0.246 e. The van der Waals surface area contributed by atoms with Crippen LogP contribution >= 0.6 is 0 Å². The van der Waals surface area contributed by atoms with E-state index in [0.29, 0.717) is 48.0 Å². The molecule has 2 heterocycles. The summed E-state index contributed by atoms with van der Waals surface area (Å²) in [7, 11) is 1.06. The van der Waals surface area contributed by atoms with Crippen molar-refractivity contribution in [3.05, 3.63) is 29.6 Å². The first kappa shape index (κ1) is 22.1. The van der Waals surface area contributed by atoms with Crippen molar-refractivity contribution >= 4 is 21.6 Å². The molecule has 1 unspecified atom stereocenters. The highest BCUT2D eigenvalue weighted by molar-refractivity contribution is 7.89. The minimum Gasteiger partial charge on any atom is -0.493 e. The predicted molar refractivity (Wildman–Crippen MR) is 112 cm³/mol. The molecule has 9 nitrogen and oxygen atoms in total. The number of anilines is 1. The molecular weight excluding hydrogens is 408 g/mol. The number of piperidine rings is 1. The number of benzene rings is 1. The van der Waals surface area contributed by atoms with Gasteiger partial charge < -0.3 is 14.8 Å². The largest absolute Gasteiger partial charge is 0.493 e. The summed E-state index contributed by atoms with van der Waals surface area (Å²) in [5, 5.41) is 7.09. The predicted octanol–water partition coefficient (Wildman–Crippen LogP) is 2.09. The summed E-state index contributed by atoms with van der Waals surface area (Å²) in [6, 6.07) is 5.11. The van der Waals surface area contributed by atoms with Crippen molar-refractivity contribution < 1.29 is 22.7 Å². The number of ether oxygens (including phenoxy) is 2. The molecule has 1 N–H and O–H groups in total. The molecule has 0 bridgehead atoms. The zero-order valence-electron chi connectivity index (χ0n) is 17.9. The Morgan fingerprint density at radius 1 is 1.20 bits per heavy atom. The number of rotatable bonds is 6. The molecule has 10 heteroatoms. The van der Waals surface area contributed by atoms with Gasteiger partial charge in [0.05, 0.1) is 31.5 Å². The highest BCUT2D eigenvalue weighted by Crippen LogP contribution is 2.31. The van der Waals surface area contributed by atoms with Crippen LogP contribution in [-0.2, 0) is 21.9 Å². The normalized spacial score (nSPS) is 17.6. The number of carbonyl (C=O) groups excluding carboxylic acids is 1. The molecule has 1 aliphatic heterocycles. The highest BCUT2D eigenvalue weighted by Gasteiger charge is 2.36. The Labute approximate surface area is 177 Å². The summed E-state index contributed by atoms with van der Waals surface area (Å²) in [6.07, 6.45) is 1.23. The molecule has 1 atom stereocenters. The Hall–Kier alpha value is -2.59. The Morgan fingerprint density at radius 2 is 1.90 bits per heavy atom. The van der Waals surface area contributed by atoms with E-state index in [1.54, 1.807) is 50.9 Å². The van der Waals surface area contributed by atoms with Crippen molar-refractivity contribution in [1.82, 2.24) is 14.1 Å².